The number of hydrogen-bond donors (Lipinski definition) is 2. The molecule has 2 aliphatic rings. The number of hydrogen-bond acceptors (Lipinski definition) is 4. The van der Waals surface area contributed by atoms with Gasteiger partial charge in [-0.15, -0.1) is 0 Å². The number of carbonyl (C=O) groups is 2. The number of carboxylic acid groups (broad SMARTS) is 1. The molecule has 7 nitrogen and oxygen atoms in total. The van der Waals surface area contributed by atoms with E-state index in [2.05, 4.69) is 10.4 Å². The van der Waals surface area contributed by atoms with Gasteiger partial charge in [0.15, 0.2) is 5.82 Å². The van der Waals surface area contributed by atoms with Crippen LogP contribution in [0, 0.1) is 5.82 Å². The standard InChI is InChI=1S/C28H25ClFN3O4/c1-2-27(12-4-3-5-13-27)37-26(36)32-24-22(29)17-31-33(24)20-9-6-18(7-10-20)21-11-8-19(16-23(21)30)28(14-15-28)25(34)35/h3-12,16-17H,2,13-15H2,1H3,(H,32,36)(H,34,35)/t27-/m0/s1. The number of halogens is 2. The minimum Gasteiger partial charge on any atom is -0.481 e. The lowest BCUT2D eigenvalue weighted by molar-refractivity contribution is -0.140. The molecule has 2 N–H and O–H groups in total. The first kappa shape index (κ1) is 24.8. The number of rotatable bonds is 7. The fourth-order valence-electron chi connectivity index (χ4n) is 4.58. The summed E-state index contributed by atoms with van der Waals surface area (Å²) in [4.78, 5) is 24.3. The zero-order valence-corrected chi connectivity index (χ0v) is 20.8. The van der Waals surface area contributed by atoms with Crippen molar-refractivity contribution in [3.05, 3.63) is 89.4 Å². The second kappa shape index (κ2) is 9.52. The molecular formula is C28H25ClFN3O4. The fraction of sp³-hybridized carbons (Fsp3) is 0.250. The third-order valence-electron chi connectivity index (χ3n) is 7.05. The van der Waals surface area contributed by atoms with Crippen molar-refractivity contribution in [3.8, 4) is 16.8 Å². The first-order chi connectivity index (χ1) is 17.8. The zero-order chi connectivity index (χ0) is 26.2. The minimum absolute atomic E-state index is 0.236. The third-order valence-corrected chi connectivity index (χ3v) is 7.33. The zero-order valence-electron chi connectivity index (χ0n) is 20.1. The molecule has 1 fully saturated rings. The highest BCUT2D eigenvalue weighted by molar-refractivity contribution is 6.33. The Kier molecular flexibility index (Phi) is 6.37. The molecule has 1 heterocycles. The Labute approximate surface area is 218 Å². The van der Waals surface area contributed by atoms with Crippen molar-refractivity contribution in [2.45, 2.75) is 43.6 Å². The molecule has 0 saturated heterocycles. The average molecular weight is 522 g/mol. The molecule has 1 aromatic heterocycles. The molecule has 3 aromatic rings. The molecule has 2 aliphatic carbocycles. The molecule has 37 heavy (non-hydrogen) atoms. The smallest absolute Gasteiger partial charge is 0.413 e. The van der Waals surface area contributed by atoms with Crippen LogP contribution in [0.5, 0.6) is 0 Å². The monoisotopic (exact) mass is 521 g/mol. The summed E-state index contributed by atoms with van der Waals surface area (Å²) in [6, 6.07) is 11.5. The number of aliphatic carboxylic acids is 1. The Balaban J connectivity index is 1.35. The van der Waals surface area contributed by atoms with Crippen LogP contribution in [0.15, 0.2) is 73.0 Å². The SMILES string of the molecule is CC[C@]1(OC(=O)Nc2c(Cl)cnn2-c2ccc(-c3ccc(C4(C(=O)O)CC4)cc3F)cc2)C=CC=CC1. The molecule has 9 heteroatoms. The average Bonchev–Trinajstić information content (AvgIpc) is 3.64. The van der Waals surface area contributed by atoms with E-state index < -0.39 is 28.9 Å². The van der Waals surface area contributed by atoms with Crippen LogP contribution in [0.4, 0.5) is 15.0 Å². The Bertz CT molecular complexity index is 1430. The van der Waals surface area contributed by atoms with E-state index in [4.69, 9.17) is 16.3 Å². The summed E-state index contributed by atoms with van der Waals surface area (Å²) in [5.74, 6) is -1.16. The first-order valence-electron chi connectivity index (χ1n) is 12.0. The van der Waals surface area contributed by atoms with E-state index in [-0.39, 0.29) is 10.8 Å². The van der Waals surface area contributed by atoms with E-state index in [1.807, 2.05) is 31.2 Å². The number of nitrogens with zero attached hydrogens (tertiary/aromatic N) is 2. The number of anilines is 1. The molecule has 5 rings (SSSR count). The molecule has 1 amide bonds. The van der Waals surface area contributed by atoms with Crippen molar-refractivity contribution < 1.29 is 23.8 Å². The highest BCUT2D eigenvalue weighted by Crippen LogP contribution is 2.49. The molecule has 0 spiro atoms. The lowest BCUT2D eigenvalue weighted by Gasteiger charge is -2.29. The van der Waals surface area contributed by atoms with Crippen LogP contribution >= 0.6 is 11.6 Å². The van der Waals surface area contributed by atoms with E-state index in [1.165, 1.54) is 16.9 Å². The fourth-order valence-corrected chi connectivity index (χ4v) is 4.75. The van der Waals surface area contributed by atoms with Gasteiger partial charge in [0.25, 0.3) is 0 Å². The van der Waals surface area contributed by atoms with Crippen LogP contribution in [0.3, 0.4) is 0 Å². The van der Waals surface area contributed by atoms with Crippen LogP contribution in [-0.2, 0) is 14.9 Å². The topological polar surface area (TPSA) is 93.5 Å². The molecular weight excluding hydrogens is 497 g/mol. The van der Waals surface area contributed by atoms with Crippen LogP contribution in [0.25, 0.3) is 16.8 Å². The molecule has 0 unspecified atom stereocenters. The second-order valence-corrected chi connectivity index (χ2v) is 9.71. The molecule has 190 valence electrons. The summed E-state index contributed by atoms with van der Waals surface area (Å²) in [6.45, 7) is 1.95. The summed E-state index contributed by atoms with van der Waals surface area (Å²) in [6.07, 6.45) is 10.6. The van der Waals surface area contributed by atoms with Crippen molar-refractivity contribution in [3.63, 3.8) is 0 Å². The molecule has 1 saturated carbocycles. The lowest BCUT2D eigenvalue weighted by Crippen LogP contribution is -2.35. The Morgan fingerprint density at radius 3 is 2.54 bits per heavy atom. The third kappa shape index (κ3) is 4.64. The van der Waals surface area contributed by atoms with E-state index >= 15 is 0 Å². The summed E-state index contributed by atoms with van der Waals surface area (Å²) in [5, 5.41) is 16.7. The van der Waals surface area contributed by atoms with E-state index in [0.29, 0.717) is 48.1 Å². The normalized spacial score (nSPS) is 19.4. The van der Waals surface area contributed by atoms with Gasteiger partial charge in [0.2, 0.25) is 0 Å². The van der Waals surface area contributed by atoms with Gasteiger partial charge in [-0.05, 0) is 54.7 Å². The van der Waals surface area contributed by atoms with Gasteiger partial charge < -0.3 is 9.84 Å². The summed E-state index contributed by atoms with van der Waals surface area (Å²) >= 11 is 6.31. The van der Waals surface area contributed by atoms with Crippen LogP contribution in [0.1, 0.15) is 38.2 Å². The second-order valence-electron chi connectivity index (χ2n) is 9.31. The van der Waals surface area contributed by atoms with Gasteiger partial charge in [0.05, 0.1) is 17.3 Å². The van der Waals surface area contributed by atoms with E-state index in [9.17, 15) is 19.1 Å². The van der Waals surface area contributed by atoms with Crippen molar-refractivity contribution in [2.75, 3.05) is 5.32 Å². The maximum atomic E-state index is 14.9. The first-order valence-corrected chi connectivity index (χ1v) is 12.4. The number of carbonyl (C=O) groups excluding carboxylic acids is 1. The van der Waals surface area contributed by atoms with Crippen molar-refractivity contribution >= 4 is 29.5 Å². The number of benzene rings is 2. The van der Waals surface area contributed by atoms with Gasteiger partial charge in [-0.3, -0.25) is 10.1 Å². The minimum atomic E-state index is -0.964. The molecule has 0 aliphatic heterocycles. The van der Waals surface area contributed by atoms with E-state index in [1.54, 1.807) is 36.4 Å². The van der Waals surface area contributed by atoms with Crippen molar-refractivity contribution in [1.29, 1.82) is 0 Å². The molecule has 0 bridgehead atoms. The summed E-state index contributed by atoms with van der Waals surface area (Å²) in [7, 11) is 0. The number of aromatic nitrogens is 2. The molecule has 1 atom stereocenters. The van der Waals surface area contributed by atoms with Crippen molar-refractivity contribution in [1.82, 2.24) is 9.78 Å². The van der Waals surface area contributed by atoms with Gasteiger partial charge in [-0.1, -0.05) is 61.0 Å². The Hall–Kier alpha value is -3.91. The van der Waals surface area contributed by atoms with Gasteiger partial charge in [-0.25, -0.2) is 13.9 Å². The number of ether oxygens (including phenoxy) is 1. The van der Waals surface area contributed by atoms with Gasteiger partial charge >= 0.3 is 12.1 Å². The Morgan fingerprint density at radius 2 is 1.95 bits per heavy atom. The van der Waals surface area contributed by atoms with Gasteiger partial charge in [-0.2, -0.15) is 5.10 Å². The molecule has 2 aromatic carbocycles. The lowest BCUT2D eigenvalue weighted by atomic mass is 9.92. The van der Waals surface area contributed by atoms with Crippen LogP contribution in [-0.4, -0.2) is 32.6 Å². The maximum Gasteiger partial charge on any atom is 0.413 e. The quantitative estimate of drug-likeness (QED) is 0.362. The largest absolute Gasteiger partial charge is 0.481 e. The predicted octanol–water partition coefficient (Wildman–Crippen LogP) is 6.66. The van der Waals surface area contributed by atoms with Crippen LogP contribution < -0.4 is 5.32 Å². The highest BCUT2D eigenvalue weighted by Gasteiger charge is 2.51. The van der Waals surface area contributed by atoms with Crippen LogP contribution in [0.2, 0.25) is 5.02 Å². The Morgan fingerprint density at radius 1 is 1.19 bits per heavy atom. The predicted molar refractivity (Wildman–Crippen MR) is 139 cm³/mol. The summed E-state index contributed by atoms with van der Waals surface area (Å²) < 4.78 is 22.1. The number of allylic oxidation sites excluding steroid dienone is 2. The number of nitrogens with one attached hydrogen (secondary N) is 1. The van der Waals surface area contributed by atoms with Crippen molar-refractivity contribution in [2.24, 2.45) is 0 Å². The number of amides is 1. The highest BCUT2D eigenvalue weighted by atomic mass is 35.5. The van der Waals surface area contributed by atoms with Gasteiger partial charge in [0.1, 0.15) is 16.4 Å². The van der Waals surface area contributed by atoms with E-state index in [0.717, 1.165) is 0 Å². The molecule has 0 radical (unpaired) electrons. The van der Waals surface area contributed by atoms with Gasteiger partial charge in [0, 0.05) is 12.0 Å². The summed E-state index contributed by atoms with van der Waals surface area (Å²) in [5.41, 5.74) is 0.362. The maximum absolute atomic E-state index is 14.9. The number of carboxylic acids is 1.